The zero-order chi connectivity index (χ0) is 9.56. The smallest absolute Gasteiger partial charge is 0.190 e. The number of aliphatic hydroxyl groups is 2. The van der Waals surface area contributed by atoms with Crippen LogP contribution in [-0.4, -0.2) is 41.1 Å². The van der Waals surface area contributed by atoms with Gasteiger partial charge in [-0.05, 0) is 13.3 Å². The first-order valence-electron chi connectivity index (χ1n) is 3.81. The van der Waals surface area contributed by atoms with Gasteiger partial charge in [-0.3, -0.25) is 4.79 Å². The quantitative estimate of drug-likeness (QED) is 0.463. The summed E-state index contributed by atoms with van der Waals surface area (Å²) in [5.41, 5.74) is 0. The lowest BCUT2D eigenvalue weighted by molar-refractivity contribution is -0.112. The van der Waals surface area contributed by atoms with Crippen LogP contribution in [0.3, 0.4) is 0 Å². The number of carbonyl (C=O) groups is 1. The molecule has 0 heterocycles. The molecule has 0 saturated heterocycles. The molecule has 0 aliphatic heterocycles. The number of ketones is 1. The molecule has 4 nitrogen and oxygen atoms in total. The summed E-state index contributed by atoms with van der Waals surface area (Å²) in [7, 11) is 1.66. The first-order chi connectivity index (χ1) is 5.57. The van der Waals surface area contributed by atoms with E-state index in [1.807, 2.05) is 0 Å². The van der Waals surface area contributed by atoms with E-state index in [4.69, 9.17) is 5.11 Å². The van der Waals surface area contributed by atoms with Crippen LogP contribution in [0.2, 0.25) is 0 Å². The van der Waals surface area contributed by atoms with Gasteiger partial charge in [0.05, 0.1) is 0 Å². The average molecular weight is 173 g/mol. The van der Waals surface area contributed by atoms with Crippen molar-refractivity contribution >= 4 is 5.78 Å². The van der Waals surface area contributed by atoms with Gasteiger partial charge in [-0.25, -0.2) is 0 Å². The van der Waals surface area contributed by atoms with Gasteiger partial charge in [-0.15, -0.1) is 0 Å². The summed E-state index contributed by atoms with van der Waals surface area (Å²) in [5, 5.41) is 17.7. The molecule has 0 saturated carbocycles. The van der Waals surface area contributed by atoms with Crippen LogP contribution in [-0.2, 0) is 4.79 Å². The molecule has 0 aliphatic carbocycles. The van der Waals surface area contributed by atoms with Crippen LogP contribution in [0.5, 0.6) is 0 Å². The maximum absolute atomic E-state index is 10.5. The Labute approximate surface area is 72.1 Å². The molecular formula is C8H15NO3. The Balaban J connectivity index is 3.91. The molecule has 0 amide bonds. The summed E-state index contributed by atoms with van der Waals surface area (Å²) >= 11 is 0. The van der Waals surface area contributed by atoms with E-state index in [9.17, 15) is 9.90 Å². The molecule has 0 aromatic rings. The summed E-state index contributed by atoms with van der Waals surface area (Å²) in [6, 6.07) is 0. The van der Waals surface area contributed by atoms with E-state index in [-0.39, 0.29) is 18.3 Å². The fourth-order valence-corrected chi connectivity index (χ4v) is 0.714. The van der Waals surface area contributed by atoms with Crippen LogP contribution in [0.25, 0.3) is 0 Å². The van der Waals surface area contributed by atoms with Crippen molar-refractivity contribution < 1.29 is 15.0 Å². The molecule has 0 bridgehead atoms. The second-order valence-electron chi connectivity index (χ2n) is 2.61. The summed E-state index contributed by atoms with van der Waals surface area (Å²) in [6.45, 7) is 1.99. The van der Waals surface area contributed by atoms with Crippen molar-refractivity contribution in [3.05, 3.63) is 12.0 Å². The van der Waals surface area contributed by atoms with Crippen LogP contribution >= 0.6 is 0 Å². The maximum Gasteiger partial charge on any atom is 0.190 e. The van der Waals surface area contributed by atoms with E-state index < -0.39 is 0 Å². The standard InChI is InChI=1S/C8H15NO3/c1-7(11)6-8(12)9(2)4-3-5-10/h6,10,12H,3-5H2,1-2H3/b8-6-. The van der Waals surface area contributed by atoms with E-state index in [0.29, 0.717) is 13.0 Å². The van der Waals surface area contributed by atoms with Crippen molar-refractivity contribution in [3.63, 3.8) is 0 Å². The predicted molar refractivity (Wildman–Crippen MR) is 45.7 cm³/mol. The van der Waals surface area contributed by atoms with Gasteiger partial charge in [0.1, 0.15) is 0 Å². The number of hydrogen-bond acceptors (Lipinski definition) is 4. The molecule has 0 spiro atoms. The highest BCUT2D eigenvalue weighted by Crippen LogP contribution is 1.97. The average Bonchev–Trinajstić information content (AvgIpc) is 1.98. The van der Waals surface area contributed by atoms with Gasteiger partial charge in [0, 0.05) is 26.3 Å². The number of allylic oxidation sites excluding steroid dienone is 1. The molecule has 0 aromatic carbocycles. The Kier molecular flexibility index (Phi) is 5.12. The van der Waals surface area contributed by atoms with E-state index >= 15 is 0 Å². The fourth-order valence-electron chi connectivity index (χ4n) is 0.714. The maximum atomic E-state index is 10.5. The Morgan fingerprint density at radius 3 is 2.58 bits per heavy atom. The Morgan fingerprint density at radius 2 is 2.17 bits per heavy atom. The van der Waals surface area contributed by atoms with E-state index in [1.54, 1.807) is 7.05 Å². The van der Waals surface area contributed by atoms with E-state index in [0.717, 1.165) is 6.08 Å². The minimum atomic E-state index is -0.191. The molecule has 2 N–H and O–H groups in total. The lowest BCUT2D eigenvalue weighted by atomic mass is 10.4. The van der Waals surface area contributed by atoms with Crippen molar-refractivity contribution in [2.24, 2.45) is 0 Å². The first-order valence-corrected chi connectivity index (χ1v) is 3.81. The number of aliphatic hydroxyl groups excluding tert-OH is 2. The zero-order valence-corrected chi connectivity index (χ0v) is 7.45. The van der Waals surface area contributed by atoms with Gasteiger partial charge in [-0.1, -0.05) is 0 Å². The number of rotatable bonds is 5. The van der Waals surface area contributed by atoms with Gasteiger partial charge >= 0.3 is 0 Å². The lowest BCUT2D eigenvalue weighted by Gasteiger charge is -2.16. The molecule has 12 heavy (non-hydrogen) atoms. The predicted octanol–water partition coefficient (Wildman–Crippen LogP) is 0.289. The topological polar surface area (TPSA) is 60.8 Å². The minimum Gasteiger partial charge on any atom is -0.495 e. The molecule has 0 unspecified atom stereocenters. The Hall–Kier alpha value is -1.03. The highest BCUT2D eigenvalue weighted by molar-refractivity contribution is 5.87. The highest BCUT2D eigenvalue weighted by Gasteiger charge is 2.01. The van der Waals surface area contributed by atoms with E-state index in [2.05, 4.69) is 0 Å². The molecule has 0 fully saturated rings. The summed E-state index contributed by atoms with van der Waals surface area (Å²) in [5.74, 6) is -0.251. The molecule has 70 valence electrons. The van der Waals surface area contributed by atoms with Crippen molar-refractivity contribution in [1.82, 2.24) is 4.90 Å². The Bertz CT molecular complexity index is 177. The number of nitrogens with zero attached hydrogens (tertiary/aromatic N) is 1. The normalized spacial score (nSPS) is 11.4. The third kappa shape index (κ3) is 4.73. The SMILES string of the molecule is CC(=O)/C=C(\O)N(C)CCCO. The van der Waals surface area contributed by atoms with Crippen LogP contribution in [0.15, 0.2) is 12.0 Å². The van der Waals surface area contributed by atoms with Gasteiger partial charge < -0.3 is 15.1 Å². The molecular weight excluding hydrogens is 158 g/mol. The van der Waals surface area contributed by atoms with Crippen LogP contribution in [0.4, 0.5) is 0 Å². The minimum absolute atomic E-state index is 0.0593. The second kappa shape index (κ2) is 5.60. The summed E-state index contributed by atoms with van der Waals surface area (Å²) in [4.78, 5) is 12.0. The largest absolute Gasteiger partial charge is 0.495 e. The summed E-state index contributed by atoms with van der Waals surface area (Å²) < 4.78 is 0. The monoisotopic (exact) mass is 173 g/mol. The third-order valence-corrected chi connectivity index (χ3v) is 1.38. The lowest BCUT2D eigenvalue weighted by Crippen LogP contribution is -2.20. The number of hydrogen-bond donors (Lipinski definition) is 2. The Morgan fingerprint density at radius 1 is 1.58 bits per heavy atom. The van der Waals surface area contributed by atoms with Gasteiger partial charge in [0.15, 0.2) is 11.7 Å². The van der Waals surface area contributed by atoms with Crippen molar-refractivity contribution in [1.29, 1.82) is 0 Å². The molecule has 0 rings (SSSR count). The van der Waals surface area contributed by atoms with Crippen molar-refractivity contribution in [3.8, 4) is 0 Å². The molecule has 0 atom stereocenters. The zero-order valence-electron chi connectivity index (χ0n) is 7.45. The van der Waals surface area contributed by atoms with Gasteiger partial charge in [-0.2, -0.15) is 0 Å². The van der Waals surface area contributed by atoms with Crippen LogP contribution < -0.4 is 0 Å². The van der Waals surface area contributed by atoms with Gasteiger partial charge in [0.2, 0.25) is 0 Å². The van der Waals surface area contributed by atoms with E-state index in [1.165, 1.54) is 11.8 Å². The van der Waals surface area contributed by atoms with Crippen LogP contribution in [0.1, 0.15) is 13.3 Å². The first kappa shape index (κ1) is 11.0. The van der Waals surface area contributed by atoms with Crippen molar-refractivity contribution in [2.45, 2.75) is 13.3 Å². The molecule has 0 aliphatic rings. The second-order valence-corrected chi connectivity index (χ2v) is 2.61. The fraction of sp³-hybridized carbons (Fsp3) is 0.625. The van der Waals surface area contributed by atoms with Crippen LogP contribution in [0, 0.1) is 0 Å². The number of carbonyl (C=O) groups excluding carboxylic acids is 1. The molecule has 0 aromatic heterocycles. The third-order valence-electron chi connectivity index (χ3n) is 1.38. The molecule has 4 heteroatoms. The summed E-state index contributed by atoms with van der Waals surface area (Å²) in [6.07, 6.45) is 1.73. The van der Waals surface area contributed by atoms with Crippen molar-refractivity contribution in [2.75, 3.05) is 20.2 Å². The van der Waals surface area contributed by atoms with Gasteiger partial charge in [0.25, 0.3) is 0 Å². The molecule has 0 radical (unpaired) electrons. The highest BCUT2D eigenvalue weighted by atomic mass is 16.3.